The van der Waals surface area contributed by atoms with Crippen LogP contribution in [-0.4, -0.2) is 16.1 Å². The number of fused-ring (bicyclic) bond motifs is 1. The van der Waals surface area contributed by atoms with Crippen molar-refractivity contribution in [2.45, 2.75) is 12.3 Å². The molecule has 0 fully saturated rings. The summed E-state index contributed by atoms with van der Waals surface area (Å²) in [4.78, 5) is 16.2. The van der Waals surface area contributed by atoms with E-state index in [1.807, 2.05) is 0 Å². The van der Waals surface area contributed by atoms with Crippen molar-refractivity contribution in [3.05, 3.63) is 82.9 Å². The summed E-state index contributed by atoms with van der Waals surface area (Å²) in [5.74, 6) is -1.29. The van der Waals surface area contributed by atoms with Crippen LogP contribution in [0.25, 0.3) is 22.6 Å². The Hall–Kier alpha value is -3.52. The Morgan fingerprint density at radius 1 is 1.06 bits per heavy atom. The van der Waals surface area contributed by atoms with Crippen LogP contribution in [0.4, 0.5) is 13.2 Å². The van der Waals surface area contributed by atoms with Crippen LogP contribution in [0.1, 0.15) is 17.2 Å². The van der Waals surface area contributed by atoms with E-state index < -0.39 is 23.8 Å². The fourth-order valence-electron chi connectivity index (χ4n) is 3.03. The van der Waals surface area contributed by atoms with Gasteiger partial charge < -0.3 is 14.3 Å². The number of benzene rings is 3. The molecule has 0 radical (unpaired) electrons. The first-order valence-electron chi connectivity index (χ1n) is 8.94. The molecule has 0 aliphatic heterocycles. The summed E-state index contributed by atoms with van der Waals surface area (Å²) in [6.45, 7) is 0. The normalized spacial score (nSPS) is 12.6. The van der Waals surface area contributed by atoms with E-state index in [0.717, 1.165) is 18.2 Å². The quantitative estimate of drug-likeness (QED) is 0.384. The first-order valence-corrected chi connectivity index (χ1v) is 9.32. The zero-order chi connectivity index (χ0) is 22.2. The van der Waals surface area contributed by atoms with Gasteiger partial charge in [-0.05, 0) is 42.5 Å². The Balaban J connectivity index is 1.76. The number of nitrogens with zero attached hydrogens (tertiary/aromatic N) is 1. The smallest absolute Gasteiger partial charge is 0.416 e. The summed E-state index contributed by atoms with van der Waals surface area (Å²) in [5.41, 5.74) is 0.185. The monoisotopic (exact) mass is 447 g/mol. The molecule has 158 valence electrons. The summed E-state index contributed by atoms with van der Waals surface area (Å²) in [5, 5.41) is 9.96. The van der Waals surface area contributed by atoms with Gasteiger partial charge >= 0.3 is 12.1 Å². The number of carboxylic acids is 1. The average Bonchev–Trinajstić information content (AvgIpc) is 3.16. The SMILES string of the molecule is O=C(O)C(Oc1ccc(Cl)cc1-c1nc2ccccc2o1)c1cccc(C(F)(F)F)c1. The molecule has 0 aliphatic rings. The number of aliphatic carboxylic acids is 1. The Morgan fingerprint density at radius 3 is 2.55 bits per heavy atom. The Labute approximate surface area is 178 Å². The Kier molecular flexibility index (Phi) is 5.32. The van der Waals surface area contributed by atoms with Crippen molar-refractivity contribution in [2.75, 3.05) is 0 Å². The van der Waals surface area contributed by atoms with E-state index in [1.165, 1.54) is 24.3 Å². The Morgan fingerprint density at radius 2 is 1.84 bits per heavy atom. The van der Waals surface area contributed by atoms with Gasteiger partial charge in [0.25, 0.3) is 0 Å². The zero-order valence-corrected chi connectivity index (χ0v) is 16.3. The second-order valence-corrected chi connectivity index (χ2v) is 7.02. The highest BCUT2D eigenvalue weighted by atomic mass is 35.5. The molecule has 5 nitrogen and oxygen atoms in total. The number of carboxylic acid groups (broad SMARTS) is 1. The maximum absolute atomic E-state index is 13.1. The Bertz CT molecular complexity index is 1240. The number of rotatable bonds is 5. The summed E-state index contributed by atoms with van der Waals surface area (Å²) in [6, 6.07) is 15.3. The predicted octanol–water partition coefficient (Wildman–Crippen LogP) is 6.37. The molecule has 1 atom stereocenters. The van der Waals surface area contributed by atoms with Crippen molar-refractivity contribution in [1.82, 2.24) is 4.98 Å². The van der Waals surface area contributed by atoms with Gasteiger partial charge in [0.05, 0.1) is 11.1 Å². The highest BCUT2D eigenvalue weighted by Gasteiger charge is 2.32. The highest BCUT2D eigenvalue weighted by Crippen LogP contribution is 2.37. The van der Waals surface area contributed by atoms with Gasteiger partial charge in [-0.3, -0.25) is 0 Å². The van der Waals surface area contributed by atoms with Crippen molar-refractivity contribution in [2.24, 2.45) is 0 Å². The van der Waals surface area contributed by atoms with E-state index in [4.69, 9.17) is 20.8 Å². The zero-order valence-electron chi connectivity index (χ0n) is 15.6. The summed E-state index contributed by atoms with van der Waals surface area (Å²) in [6.07, 6.45) is -6.32. The van der Waals surface area contributed by atoms with Gasteiger partial charge in [0.1, 0.15) is 11.3 Å². The molecule has 4 aromatic rings. The van der Waals surface area contributed by atoms with Gasteiger partial charge in [-0.15, -0.1) is 0 Å². The minimum atomic E-state index is -4.62. The lowest BCUT2D eigenvalue weighted by Crippen LogP contribution is -2.19. The van der Waals surface area contributed by atoms with Gasteiger partial charge in [-0.25, -0.2) is 9.78 Å². The average molecular weight is 448 g/mol. The molecule has 1 aromatic heterocycles. The lowest BCUT2D eigenvalue weighted by molar-refractivity contribution is -0.146. The number of halogens is 4. The van der Waals surface area contributed by atoms with Crippen LogP contribution in [-0.2, 0) is 11.0 Å². The molecule has 9 heteroatoms. The fourth-order valence-corrected chi connectivity index (χ4v) is 3.20. The molecule has 3 aromatic carbocycles. The summed E-state index contributed by atoms with van der Waals surface area (Å²) in [7, 11) is 0. The van der Waals surface area contributed by atoms with Crippen LogP contribution >= 0.6 is 11.6 Å². The van der Waals surface area contributed by atoms with Gasteiger partial charge in [-0.2, -0.15) is 13.2 Å². The number of hydrogen-bond donors (Lipinski definition) is 1. The molecule has 0 saturated carbocycles. The van der Waals surface area contributed by atoms with E-state index in [2.05, 4.69) is 4.98 Å². The number of carbonyl (C=O) groups is 1. The third kappa shape index (κ3) is 4.34. The molecule has 1 heterocycles. The van der Waals surface area contributed by atoms with Crippen molar-refractivity contribution in [1.29, 1.82) is 0 Å². The maximum atomic E-state index is 13.1. The number of hydrogen-bond acceptors (Lipinski definition) is 4. The molecule has 1 unspecified atom stereocenters. The molecule has 0 aliphatic carbocycles. The second-order valence-electron chi connectivity index (χ2n) is 6.59. The highest BCUT2D eigenvalue weighted by molar-refractivity contribution is 6.30. The van der Waals surface area contributed by atoms with Crippen molar-refractivity contribution in [3.8, 4) is 17.2 Å². The molecule has 0 spiro atoms. The largest absolute Gasteiger partial charge is 0.478 e. The second kappa shape index (κ2) is 7.96. The first kappa shape index (κ1) is 20.7. The standard InChI is InChI=1S/C22H13ClF3NO4/c23-14-8-9-17(15(11-14)20-27-16-6-1-2-7-18(16)31-20)30-19(21(28)29)12-4-3-5-13(10-12)22(24,25)26/h1-11,19H,(H,28,29). The lowest BCUT2D eigenvalue weighted by atomic mass is 10.1. The topological polar surface area (TPSA) is 72.6 Å². The third-order valence-corrected chi connectivity index (χ3v) is 4.69. The van der Waals surface area contributed by atoms with Crippen LogP contribution in [0, 0.1) is 0 Å². The molecular formula is C22H13ClF3NO4. The summed E-state index contributed by atoms with van der Waals surface area (Å²) >= 11 is 6.09. The van der Waals surface area contributed by atoms with Crippen LogP contribution in [0.3, 0.4) is 0 Å². The molecule has 0 bridgehead atoms. The number of ether oxygens (including phenoxy) is 1. The van der Waals surface area contributed by atoms with Gasteiger partial charge in [0, 0.05) is 10.6 Å². The number of oxazole rings is 1. The lowest BCUT2D eigenvalue weighted by Gasteiger charge is -2.18. The molecule has 0 amide bonds. The van der Waals surface area contributed by atoms with E-state index >= 15 is 0 Å². The van der Waals surface area contributed by atoms with Crippen molar-refractivity contribution < 1.29 is 32.2 Å². The van der Waals surface area contributed by atoms with Crippen LogP contribution in [0.2, 0.25) is 5.02 Å². The van der Waals surface area contributed by atoms with Crippen LogP contribution in [0.5, 0.6) is 5.75 Å². The number of alkyl halides is 3. The molecular weight excluding hydrogens is 435 g/mol. The molecule has 1 N–H and O–H groups in total. The van der Waals surface area contributed by atoms with Crippen LogP contribution in [0.15, 0.2) is 71.1 Å². The van der Waals surface area contributed by atoms with E-state index in [1.54, 1.807) is 24.3 Å². The van der Waals surface area contributed by atoms with Gasteiger partial charge in [-0.1, -0.05) is 35.9 Å². The number of aromatic nitrogens is 1. The minimum absolute atomic E-state index is 0.0424. The van der Waals surface area contributed by atoms with E-state index in [9.17, 15) is 23.1 Å². The van der Waals surface area contributed by atoms with Crippen molar-refractivity contribution >= 4 is 28.7 Å². The fraction of sp³-hybridized carbons (Fsp3) is 0.0909. The maximum Gasteiger partial charge on any atom is 0.416 e. The van der Waals surface area contributed by atoms with Gasteiger partial charge in [0.2, 0.25) is 12.0 Å². The van der Waals surface area contributed by atoms with Crippen molar-refractivity contribution in [3.63, 3.8) is 0 Å². The number of para-hydroxylation sites is 2. The third-order valence-electron chi connectivity index (χ3n) is 4.45. The van der Waals surface area contributed by atoms with Crippen LogP contribution < -0.4 is 4.74 Å². The first-order chi connectivity index (χ1) is 14.7. The molecule has 0 saturated heterocycles. The minimum Gasteiger partial charge on any atom is -0.478 e. The van der Waals surface area contributed by atoms with E-state index in [-0.39, 0.29) is 22.8 Å². The molecule has 4 rings (SSSR count). The van der Waals surface area contributed by atoms with Gasteiger partial charge in [0.15, 0.2) is 5.58 Å². The predicted molar refractivity (Wildman–Crippen MR) is 107 cm³/mol. The van der Waals surface area contributed by atoms with E-state index in [0.29, 0.717) is 16.1 Å². The molecule has 31 heavy (non-hydrogen) atoms. The summed E-state index contributed by atoms with van der Waals surface area (Å²) < 4.78 is 50.6.